The van der Waals surface area contributed by atoms with E-state index in [0.29, 0.717) is 11.1 Å². The number of halogens is 4. The minimum atomic E-state index is -4.77. The molecule has 1 heterocycles. The maximum atomic E-state index is 12.8. The summed E-state index contributed by atoms with van der Waals surface area (Å²) < 4.78 is 44.2. The highest BCUT2D eigenvalue weighted by atomic mass is 127. The number of aryl methyl sites for hydroxylation is 1. The van der Waals surface area contributed by atoms with Gasteiger partial charge in [-0.05, 0) is 53.3 Å². The molecule has 7 heteroatoms. The van der Waals surface area contributed by atoms with Crippen LogP contribution in [0.3, 0.4) is 0 Å². The number of hydrogen-bond acceptors (Lipinski definition) is 2. The number of alkyl halides is 3. The lowest BCUT2D eigenvalue weighted by atomic mass is 9.99. The standard InChI is InChI=1S/C12H8F3IO3/c1-5-2-7(16)3-6-4-8(11(17)18)10(12(13,14)15)19-9(5)6/h2-4,10H,1H3,(H,17,18). The maximum absolute atomic E-state index is 12.8. The van der Waals surface area contributed by atoms with Gasteiger partial charge in [-0.25, -0.2) is 4.79 Å². The first-order valence-electron chi connectivity index (χ1n) is 5.18. The van der Waals surface area contributed by atoms with Crippen molar-refractivity contribution in [3.05, 3.63) is 32.4 Å². The van der Waals surface area contributed by atoms with E-state index in [4.69, 9.17) is 9.84 Å². The number of hydrogen-bond donors (Lipinski definition) is 1. The molecule has 0 spiro atoms. The fourth-order valence-electron chi connectivity index (χ4n) is 1.87. The molecule has 0 aromatic heterocycles. The van der Waals surface area contributed by atoms with Gasteiger partial charge < -0.3 is 9.84 Å². The minimum Gasteiger partial charge on any atom is -0.478 e. The Morgan fingerprint density at radius 1 is 1.42 bits per heavy atom. The zero-order valence-electron chi connectivity index (χ0n) is 9.58. The van der Waals surface area contributed by atoms with Crippen molar-refractivity contribution in [2.45, 2.75) is 19.2 Å². The Hall–Kier alpha value is -1.25. The molecule has 3 nitrogen and oxygen atoms in total. The molecule has 0 saturated carbocycles. The SMILES string of the molecule is Cc1cc(I)cc2c1OC(C(F)(F)F)C(C(=O)O)=C2. The average molecular weight is 384 g/mol. The predicted octanol–water partition coefficient (Wildman–Crippen LogP) is 3.39. The zero-order chi connectivity index (χ0) is 14.4. The lowest BCUT2D eigenvalue weighted by Gasteiger charge is -2.28. The van der Waals surface area contributed by atoms with Gasteiger partial charge in [-0.1, -0.05) is 0 Å². The van der Waals surface area contributed by atoms with Gasteiger partial charge in [0, 0.05) is 9.13 Å². The van der Waals surface area contributed by atoms with Crippen molar-refractivity contribution in [3.8, 4) is 5.75 Å². The topological polar surface area (TPSA) is 46.5 Å². The molecule has 0 fully saturated rings. The van der Waals surface area contributed by atoms with Gasteiger partial charge in [0.05, 0.1) is 5.57 Å². The van der Waals surface area contributed by atoms with Crippen molar-refractivity contribution in [1.82, 2.24) is 0 Å². The molecule has 1 aliphatic heterocycles. The first kappa shape index (κ1) is 14.2. The van der Waals surface area contributed by atoms with Crippen molar-refractivity contribution in [1.29, 1.82) is 0 Å². The molecule has 1 N–H and O–H groups in total. The van der Waals surface area contributed by atoms with E-state index in [9.17, 15) is 18.0 Å². The summed E-state index contributed by atoms with van der Waals surface area (Å²) in [6.45, 7) is 1.62. The van der Waals surface area contributed by atoms with Crippen molar-refractivity contribution in [2.75, 3.05) is 0 Å². The number of carbonyl (C=O) groups is 1. The molecule has 1 aromatic carbocycles. The van der Waals surface area contributed by atoms with Gasteiger partial charge in [-0.2, -0.15) is 13.2 Å². The van der Waals surface area contributed by atoms with Crippen LogP contribution in [0.25, 0.3) is 6.08 Å². The molecule has 0 saturated heterocycles. The first-order valence-corrected chi connectivity index (χ1v) is 6.26. The van der Waals surface area contributed by atoms with E-state index in [2.05, 4.69) is 0 Å². The molecule has 1 atom stereocenters. The van der Waals surface area contributed by atoms with E-state index >= 15 is 0 Å². The predicted molar refractivity (Wildman–Crippen MR) is 70.0 cm³/mol. The molecule has 1 aliphatic rings. The molecular formula is C12H8F3IO3. The van der Waals surface area contributed by atoms with Crippen LogP contribution in [-0.2, 0) is 4.79 Å². The molecule has 1 unspecified atom stereocenters. The molecule has 102 valence electrons. The summed E-state index contributed by atoms with van der Waals surface area (Å²) in [6, 6.07) is 3.25. The van der Waals surface area contributed by atoms with Crippen molar-refractivity contribution < 1.29 is 27.8 Å². The van der Waals surface area contributed by atoms with Crippen molar-refractivity contribution in [3.63, 3.8) is 0 Å². The fourth-order valence-corrected chi connectivity index (χ4v) is 2.67. The Morgan fingerprint density at radius 2 is 2.05 bits per heavy atom. The van der Waals surface area contributed by atoms with Crippen molar-refractivity contribution >= 4 is 34.6 Å². The second-order valence-corrected chi connectivity index (χ2v) is 5.33. The van der Waals surface area contributed by atoms with Crippen LogP contribution in [0.4, 0.5) is 13.2 Å². The second-order valence-electron chi connectivity index (χ2n) is 4.09. The molecule has 0 aliphatic carbocycles. The Balaban J connectivity index is 2.61. The van der Waals surface area contributed by atoms with Crippen LogP contribution in [0, 0.1) is 10.5 Å². The Morgan fingerprint density at radius 3 is 2.58 bits per heavy atom. The van der Waals surface area contributed by atoms with Gasteiger partial charge in [0.2, 0.25) is 6.10 Å². The molecule has 0 radical (unpaired) electrons. The monoisotopic (exact) mass is 384 g/mol. The van der Waals surface area contributed by atoms with Gasteiger partial charge >= 0.3 is 12.1 Å². The van der Waals surface area contributed by atoms with Crippen LogP contribution >= 0.6 is 22.6 Å². The normalized spacial score (nSPS) is 18.4. The molecule has 1 aromatic rings. The Kier molecular flexibility index (Phi) is 3.50. The molecule has 0 bridgehead atoms. The number of aliphatic carboxylic acids is 1. The van der Waals surface area contributed by atoms with E-state index in [1.54, 1.807) is 19.1 Å². The largest absolute Gasteiger partial charge is 0.478 e. The Labute approximate surface area is 120 Å². The van der Waals surface area contributed by atoms with Gasteiger partial charge in [0.1, 0.15) is 5.75 Å². The smallest absolute Gasteiger partial charge is 0.430 e. The maximum Gasteiger partial charge on any atom is 0.430 e. The van der Waals surface area contributed by atoms with E-state index in [1.807, 2.05) is 22.6 Å². The highest BCUT2D eigenvalue weighted by molar-refractivity contribution is 14.1. The van der Waals surface area contributed by atoms with Crippen LogP contribution in [0.2, 0.25) is 0 Å². The Bertz CT molecular complexity index is 578. The van der Waals surface area contributed by atoms with Gasteiger partial charge in [0.25, 0.3) is 0 Å². The summed E-state index contributed by atoms with van der Waals surface area (Å²) in [6.07, 6.45) is -6.18. The zero-order valence-corrected chi connectivity index (χ0v) is 11.7. The lowest BCUT2D eigenvalue weighted by molar-refractivity contribution is -0.187. The molecule has 2 rings (SSSR count). The van der Waals surface area contributed by atoms with Gasteiger partial charge in [0.15, 0.2) is 0 Å². The second kappa shape index (κ2) is 4.69. The first-order chi connectivity index (χ1) is 8.70. The number of ether oxygens (including phenoxy) is 1. The van der Waals surface area contributed by atoms with Crippen molar-refractivity contribution in [2.24, 2.45) is 0 Å². The van der Waals surface area contributed by atoms with Crippen LogP contribution in [-0.4, -0.2) is 23.4 Å². The third-order valence-electron chi connectivity index (χ3n) is 2.64. The van der Waals surface area contributed by atoms with E-state index in [-0.39, 0.29) is 5.75 Å². The number of carboxylic acids is 1. The summed E-state index contributed by atoms with van der Waals surface area (Å²) in [5, 5.41) is 8.89. The van der Waals surface area contributed by atoms with Crippen LogP contribution < -0.4 is 4.74 Å². The molecule has 0 amide bonds. The summed E-state index contributed by atoms with van der Waals surface area (Å²) in [7, 11) is 0. The summed E-state index contributed by atoms with van der Waals surface area (Å²) in [5.74, 6) is -1.56. The highest BCUT2D eigenvalue weighted by Gasteiger charge is 2.48. The number of carboxylic acid groups (broad SMARTS) is 1. The molecular weight excluding hydrogens is 376 g/mol. The fraction of sp³-hybridized carbons (Fsp3) is 0.250. The quantitative estimate of drug-likeness (QED) is 0.756. The van der Waals surface area contributed by atoms with E-state index < -0.39 is 23.8 Å². The number of rotatable bonds is 1. The third-order valence-corrected chi connectivity index (χ3v) is 3.26. The number of benzene rings is 1. The van der Waals surface area contributed by atoms with E-state index in [0.717, 1.165) is 9.65 Å². The summed E-state index contributed by atoms with van der Waals surface area (Å²) in [5.41, 5.74) is 0.0838. The summed E-state index contributed by atoms with van der Waals surface area (Å²) >= 11 is 2.00. The average Bonchev–Trinajstić information content (AvgIpc) is 2.25. The third kappa shape index (κ3) is 2.70. The number of fused-ring (bicyclic) bond motifs is 1. The lowest BCUT2D eigenvalue weighted by Crippen LogP contribution is -2.40. The van der Waals surface area contributed by atoms with E-state index in [1.165, 1.54) is 0 Å². The van der Waals surface area contributed by atoms with Gasteiger partial charge in [-0.15, -0.1) is 0 Å². The van der Waals surface area contributed by atoms with Crippen LogP contribution in [0.15, 0.2) is 17.7 Å². The van der Waals surface area contributed by atoms with Crippen LogP contribution in [0.5, 0.6) is 5.75 Å². The minimum absolute atomic E-state index is 0.0766. The highest BCUT2D eigenvalue weighted by Crippen LogP contribution is 2.39. The van der Waals surface area contributed by atoms with Crippen LogP contribution in [0.1, 0.15) is 11.1 Å². The van der Waals surface area contributed by atoms with Gasteiger partial charge in [-0.3, -0.25) is 0 Å². The summed E-state index contributed by atoms with van der Waals surface area (Å²) in [4.78, 5) is 10.9. The molecule has 19 heavy (non-hydrogen) atoms.